The van der Waals surface area contributed by atoms with Crippen LogP contribution in [0.5, 0.6) is 0 Å². The summed E-state index contributed by atoms with van der Waals surface area (Å²) in [6, 6.07) is 7.86. The number of nitrogens with zero attached hydrogens (tertiary/aromatic N) is 4. The van der Waals surface area contributed by atoms with Gasteiger partial charge in [-0.1, -0.05) is 12.1 Å². The van der Waals surface area contributed by atoms with Crippen LogP contribution in [0.1, 0.15) is 28.9 Å². The Kier molecular flexibility index (Phi) is 6.87. The zero-order valence-corrected chi connectivity index (χ0v) is 17.8. The molecule has 162 valence electrons. The largest absolute Gasteiger partial charge is 0.340 e. The first-order chi connectivity index (χ1) is 14.3. The number of piperidine rings is 1. The molecule has 0 aliphatic carbocycles. The number of benzene rings is 1. The molecular formula is C22H29FN4O3. The van der Waals surface area contributed by atoms with Crippen molar-refractivity contribution in [2.45, 2.75) is 19.3 Å². The molecule has 2 aromatic rings. The molecule has 1 aromatic carbocycles. The first-order valence-corrected chi connectivity index (χ1v) is 10.3. The summed E-state index contributed by atoms with van der Waals surface area (Å²) >= 11 is 0. The number of hydrogen-bond acceptors (Lipinski definition) is 4. The molecule has 0 unspecified atom stereocenters. The molecule has 3 rings (SSSR count). The lowest BCUT2D eigenvalue weighted by Gasteiger charge is -2.34. The van der Waals surface area contributed by atoms with E-state index in [1.165, 1.54) is 36.9 Å². The maximum Gasteiger partial charge on any atom is 0.331 e. The van der Waals surface area contributed by atoms with Gasteiger partial charge in [-0.15, -0.1) is 0 Å². The van der Waals surface area contributed by atoms with Crippen LogP contribution in [0, 0.1) is 11.7 Å². The van der Waals surface area contributed by atoms with E-state index in [1.807, 2.05) is 12.1 Å². The van der Waals surface area contributed by atoms with Crippen LogP contribution in [-0.2, 0) is 20.5 Å². The lowest BCUT2D eigenvalue weighted by Crippen LogP contribution is -2.43. The molecule has 0 bridgehead atoms. The Hall–Kier alpha value is -2.74. The van der Waals surface area contributed by atoms with Gasteiger partial charge in [-0.3, -0.25) is 18.7 Å². The Morgan fingerprint density at radius 1 is 1.10 bits per heavy atom. The van der Waals surface area contributed by atoms with E-state index >= 15 is 0 Å². The third-order valence-electron chi connectivity index (χ3n) is 5.96. The van der Waals surface area contributed by atoms with Gasteiger partial charge in [0.1, 0.15) is 11.5 Å². The fourth-order valence-electron chi connectivity index (χ4n) is 3.93. The van der Waals surface area contributed by atoms with Crippen molar-refractivity contribution in [2.75, 3.05) is 33.2 Å². The van der Waals surface area contributed by atoms with Gasteiger partial charge in [0, 0.05) is 40.3 Å². The number of rotatable bonds is 6. The van der Waals surface area contributed by atoms with E-state index < -0.39 is 11.2 Å². The number of amides is 1. The molecule has 0 radical (unpaired) electrons. The van der Waals surface area contributed by atoms with E-state index in [2.05, 4.69) is 4.90 Å². The Morgan fingerprint density at radius 2 is 1.73 bits per heavy atom. The van der Waals surface area contributed by atoms with Gasteiger partial charge in [0.15, 0.2) is 0 Å². The number of aromatic nitrogens is 2. The van der Waals surface area contributed by atoms with E-state index in [4.69, 9.17) is 0 Å². The standard InChI is InChI=1S/C22H29FN4O3/c1-24(21(29)19-14-20(28)26(3)22(30)25(19)2)15-17-9-12-27(13-10-17)11-8-16-4-6-18(23)7-5-16/h4-7,14,17H,8-13,15H2,1-3H3. The maximum absolute atomic E-state index is 13.0. The maximum atomic E-state index is 13.0. The highest BCUT2D eigenvalue weighted by atomic mass is 19.1. The van der Waals surface area contributed by atoms with Gasteiger partial charge >= 0.3 is 5.69 Å². The molecule has 0 saturated carbocycles. The lowest BCUT2D eigenvalue weighted by atomic mass is 9.96. The summed E-state index contributed by atoms with van der Waals surface area (Å²) in [6.07, 6.45) is 2.85. The molecule has 1 fully saturated rings. The monoisotopic (exact) mass is 416 g/mol. The first-order valence-electron chi connectivity index (χ1n) is 10.3. The van der Waals surface area contributed by atoms with Crippen molar-refractivity contribution >= 4 is 5.91 Å². The summed E-state index contributed by atoms with van der Waals surface area (Å²) in [5.41, 5.74) is 0.254. The van der Waals surface area contributed by atoms with E-state index in [0.29, 0.717) is 12.5 Å². The summed E-state index contributed by atoms with van der Waals surface area (Å²) in [5, 5.41) is 0. The lowest BCUT2D eigenvalue weighted by molar-refractivity contribution is 0.0728. The third kappa shape index (κ3) is 5.05. The van der Waals surface area contributed by atoms with Gasteiger partial charge in [0.05, 0.1) is 0 Å². The molecule has 1 saturated heterocycles. The third-order valence-corrected chi connectivity index (χ3v) is 5.96. The van der Waals surface area contributed by atoms with E-state index in [1.54, 1.807) is 11.9 Å². The molecule has 0 N–H and O–H groups in total. The predicted molar refractivity (Wildman–Crippen MR) is 113 cm³/mol. The molecule has 30 heavy (non-hydrogen) atoms. The van der Waals surface area contributed by atoms with Crippen molar-refractivity contribution in [1.29, 1.82) is 0 Å². The molecule has 7 nitrogen and oxygen atoms in total. The van der Waals surface area contributed by atoms with Crippen LogP contribution in [0.15, 0.2) is 39.9 Å². The molecular weight excluding hydrogens is 387 g/mol. The van der Waals surface area contributed by atoms with Crippen molar-refractivity contribution in [3.8, 4) is 0 Å². The molecule has 1 amide bonds. The smallest absolute Gasteiger partial charge is 0.331 e. The van der Waals surface area contributed by atoms with Crippen LogP contribution in [0.25, 0.3) is 0 Å². The average molecular weight is 416 g/mol. The minimum absolute atomic E-state index is 0.113. The van der Waals surface area contributed by atoms with Crippen molar-refractivity contribution in [3.05, 3.63) is 68.2 Å². The number of carbonyl (C=O) groups is 1. The van der Waals surface area contributed by atoms with Crippen molar-refractivity contribution < 1.29 is 9.18 Å². The van der Waals surface area contributed by atoms with Crippen LogP contribution in [0.3, 0.4) is 0 Å². The van der Waals surface area contributed by atoms with Crippen molar-refractivity contribution in [1.82, 2.24) is 18.9 Å². The zero-order chi connectivity index (χ0) is 21.8. The van der Waals surface area contributed by atoms with Crippen LogP contribution < -0.4 is 11.2 Å². The minimum Gasteiger partial charge on any atom is -0.340 e. The second-order valence-electron chi connectivity index (χ2n) is 8.12. The molecule has 0 atom stereocenters. The Balaban J connectivity index is 1.51. The molecule has 8 heteroatoms. The first kappa shape index (κ1) is 22.0. The fraction of sp³-hybridized carbons (Fsp3) is 0.500. The fourth-order valence-corrected chi connectivity index (χ4v) is 3.93. The van der Waals surface area contributed by atoms with E-state index in [9.17, 15) is 18.8 Å². The van der Waals surface area contributed by atoms with Gasteiger partial charge in [0.25, 0.3) is 11.5 Å². The number of hydrogen-bond donors (Lipinski definition) is 0. The van der Waals surface area contributed by atoms with Gasteiger partial charge in [0.2, 0.25) is 0 Å². The van der Waals surface area contributed by atoms with Crippen molar-refractivity contribution in [2.24, 2.45) is 20.0 Å². The van der Waals surface area contributed by atoms with Crippen LogP contribution in [-0.4, -0.2) is 58.1 Å². The van der Waals surface area contributed by atoms with E-state index in [-0.39, 0.29) is 17.4 Å². The Morgan fingerprint density at radius 3 is 2.37 bits per heavy atom. The number of halogens is 1. The average Bonchev–Trinajstić information content (AvgIpc) is 2.75. The quantitative estimate of drug-likeness (QED) is 0.711. The SMILES string of the molecule is CN(CC1CCN(CCc2ccc(F)cc2)CC1)C(=O)c1cc(=O)n(C)c(=O)n1C. The highest BCUT2D eigenvalue weighted by molar-refractivity contribution is 5.92. The molecule has 2 heterocycles. The minimum atomic E-state index is -0.506. The molecule has 1 aliphatic heterocycles. The zero-order valence-electron chi connectivity index (χ0n) is 17.8. The summed E-state index contributed by atoms with van der Waals surface area (Å²) in [7, 11) is 4.61. The van der Waals surface area contributed by atoms with Crippen molar-refractivity contribution in [3.63, 3.8) is 0 Å². The van der Waals surface area contributed by atoms with Gasteiger partial charge in [-0.25, -0.2) is 9.18 Å². The molecule has 0 spiro atoms. The van der Waals surface area contributed by atoms with Gasteiger partial charge < -0.3 is 9.80 Å². The Bertz CT molecular complexity index is 1000. The van der Waals surface area contributed by atoms with Crippen LogP contribution >= 0.6 is 0 Å². The summed E-state index contributed by atoms with van der Waals surface area (Å²) in [6.45, 7) is 3.44. The Labute approximate surface area is 175 Å². The molecule has 1 aromatic heterocycles. The summed E-state index contributed by atoms with van der Waals surface area (Å²) in [4.78, 5) is 40.8. The number of carbonyl (C=O) groups excluding carboxylic acids is 1. The normalized spacial score (nSPS) is 15.3. The van der Waals surface area contributed by atoms with Gasteiger partial charge in [-0.2, -0.15) is 0 Å². The topological polar surface area (TPSA) is 67.6 Å². The van der Waals surface area contributed by atoms with Gasteiger partial charge in [-0.05, 0) is 56.0 Å². The highest BCUT2D eigenvalue weighted by Crippen LogP contribution is 2.19. The number of likely N-dealkylation sites (tertiary alicyclic amines) is 1. The van der Waals surface area contributed by atoms with Crippen LogP contribution in [0.4, 0.5) is 4.39 Å². The predicted octanol–water partition coefficient (Wildman–Crippen LogP) is 1.25. The second-order valence-corrected chi connectivity index (χ2v) is 8.12. The van der Waals surface area contributed by atoms with E-state index in [0.717, 1.165) is 49.0 Å². The highest BCUT2D eigenvalue weighted by Gasteiger charge is 2.24. The second kappa shape index (κ2) is 9.38. The molecule has 1 aliphatic rings. The van der Waals surface area contributed by atoms with Crippen LogP contribution in [0.2, 0.25) is 0 Å². The summed E-state index contributed by atoms with van der Waals surface area (Å²) < 4.78 is 15.2. The summed E-state index contributed by atoms with van der Waals surface area (Å²) in [5.74, 6) is -0.148.